The number of carbonyl (C=O) groups excluding carboxylic acids is 1. The average molecular weight is 347 g/mol. The summed E-state index contributed by atoms with van der Waals surface area (Å²) in [7, 11) is 4.04. The van der Waals surface area contributed by atoms with Gasteiger partial charge in [0.25, 0.3) is 0 Å². The highest BCUT2D eigenvalue weighted by atomic mass is 19.1. The molecule has 0 saturated heterocycles. The van der Waals surface area contributed by atoms with E-state index in [0.717, 1.165) is 17.7 Å². The summed E-state index contributed by atoms with van der Waals surface area (Å²) >= 11 is 0. The largest absolute Gasteiger partial charge is 0.356 e. The SMILES string of the molecule is CN(C)CC(C)(C)CNC(=O)CCc1cnoc1-c1ccc(F)cc1. The van der Waals surface area contributed by atoms with Crippen LogP contribution in [0.2, 0.25) is 0 Å². The van der Waals surface area contributed by atoms with Crippen molar-refractivity contribution < 1.29 is 13.7 Å². The molecule has 0 aliphatic heterocycles. The first kappa shape index (κ1) is 19.1. The molecule has 0 fully saturated rings. The maximum Gasteiger partial charge on any atom is 0.220 e. The van der Waals surface area contributed by atoms with Gasteiger partial charge in [0.15, 0.2) is 5.76 Å². The topological polar surface area (TPSA) is 58.4 Å². The number of carbonyl (C=O) groups is 1. The molecule has 1 amide bonds. The number of hydrogen-bond donors (Lipinski definition) is 1. The molecule has 0 aliphatic carbocycles. The Morgan fingerprint density at radius 1 is 1.28 bits per heavy atom. The van der Waals surface area contributed by atoms with Crippen LogP contribution in [0, 0.1) is 11.2 Å². The molecule has 1 aromatic carbocycles. The fourth-order valence-electron chi connectivity index (χ4n) is 2.86. The van der Waals surface area contributed by atoms with Crippen LogP contribution in [0.3, 0.4) is 0 Å². The predicted octanol–water partition coefficient (Wildman–Crippen LogP) is 3.12. The van der Waals surface area contributed by atoms with Gasteiger partial charge in [-0.1, -0.05) is 19.0 Å². The normalized spacial score (nSPS) is 11.8. The molecule has 1 N–H and O–H groups in total. The highest BCUT2D eigenvalue weighted by Crippen LogP contribution is 2.24. The van der Waals surface area contributed by atoms with Crippen molar-refractivity contribution in [3.63, 3.8) is 0 Å². The van der Waals surface area contributed by atoms with E-state index in [-0.39, 0.29) is 17.1 Å². The van der Waals surface area contributed by atoms with Crippen LogP contribution in [0.1, 0.15) is 25.8 Å². The zero-order chi connectivity index (χ0) is 18.4. The molecule has 1 aromatic heterocycles. The molecule has 0 spiro atoms. The monoisotopic (exact) mass is 347 g/mol. The molecule has 1 heterocycles. The number of rotatable bonds is 8. The highest BCUT2D eigenvalue weighted by molar-refractivity contribution is 5.76. The van der Waals surface area contributed by atoms with E-state index >= 15 is 0 Å². The number of aromatic nitrogens is 1. The van der Waals surface area contributed by atoms with Gasteiger partial charge in [0.2, 0.25) is 5.91 Å². The number of nitrogens with zero attached hydrogens (tertiary/aromatic N) is 2. The summed E-state index contributed by atoms with van der Waals surface area (Å²) in [5.41, 5.74) is 1.60. The standard InChI is InChI=1S/C19H26FN3O2/c1-19(2,13-23(3)4)12-21-17(24)10-7-15-11-22-25-18(15)14-5-8-16(20)9-6-14/h5-6,8-9,11H,7,10,12-13H2,1-4H3,(H,21,24). The van der Waals surface area contributed by atoms with Crippen LogP contribution in [0.4, 0.5) is 4.39 Å². The van der Waals surface area contributed by atoms with Gasteiger partial charge in [0.1, 0.15) is 5.82 Å². The van der Waals surface area contributed by atoms with E-state index in [0.29, 0.717) is 25.1 Å². The van der Waals surface area contributed by atoms with E-state index in [9.17, 15) is 9.18 Å². The predicted molar refractivity (Wildman–Crippen MR) is 95.6 cm³/mol. The number of amides is 1. The molecule has 0 saturated carbocycles. The van der Waals surface area contributed by atoms with E-state index in [1.165, 1.54) is 12.1 Å². The third-order valence-corrected chi connectivity index (χ3v) is 3.88. The molecule has 2 rings (SSSR count). The van der Waals surface area contributed by atoms with Crippen LogP contribution in [0.25, 0.3) is 11.3 Å². The Labute approximate surface area is 148 Å². The molecule has 5 nitrogen and oxygen atoms in total. The summed E-state index contributed by atoms with van der Waals surface area (Å²) in [5, 5.41) is 6.80. The third kappa shape index (κ3) is 5.98. The molecule has 25 heavy (non-hydrogen) atoms. The quantitative estimate of drug-likeness (QED) is 0.797. The molecule has 6 heteroatoms. The van der Waals surface area contributed by atoms with Crippen molar-refractivity contribution >= 4 is 5.91 Å². The van der Waals surface area contributed by atoms with Gasteiger partial charge in [0, 0.05) is 30.6 Å². The zero-order valence-corrected chi connectivity index (χ0v) is 15.3. The molecular weight excluding hydrogens is 321 g/mol. The minimum atomic E-state index is -0.301. The molecular formula is C19H26FN3O2. The van der Waals surface area contributed by atoms with Crippen LogP contribution in [-0.2, 0) is 11.2 Å². The Hall–Kier alpha value is -2.21. The second-order valence-corrected chi connectivity index (χ2v) is 7.37. The van der Waals surface area contributed by atoms with E-state index in [4.69, 9.17) is 4.52 Å². The number of hydrogen-bond acceptors (Lipinski definition) is 4. The minimum Gasteiger partial charge on any atom is -0.356 e. The van der Waals surface area contributed by atoms with Crippen molar-refractivity contribution in [3.05, 3.63) is 41.8 Å². The third-order valence-electron chi connectivity index (χ3n) is 3.88. The van der Waals surface area contributed by atoms with Crippen molar-refractivity contribution in [2.45, 2.75) is 26.7 Å². The number of aryl methyl sites for hydroxylation is 1. The molecule has 0 bridgehead atoms. The first-order valence-corrected chi connectivity index (χ1v) is 8.38. The van der Waals surface area contributed by atoms with Gasteiger partial charge in [-0.25, -0.2) is 4.39 Å². The Kier molecular flexibility index (Phi) is 6.31. The first-order chi connectivity index (χ1) is 11.8. The molecule has 2 aromatic rings. The average Bonchev–Trinajstić information content (AvgIpc) is 2.99. The second kappa shape index (κ2) is 8.25. The zero-order valence-electron chi connectivity index (χ0n) is 15.3. The fourth-order valence-corrected chi connectivity index (χ4v) is 2.86. The lowest BCUT2D eigenvalue weighted by atomic mass is 9.93. The summed E-state index contributed by atoms with van der Waals surface area (Å²) in [6.45, 7) is 5.77. The lowest BCUT2D eigenvalue weighted by Crippen LogP contribution is -2.40. The van der Waals surface area contributed by atoms with Gasteiger partial charge in [-0.2, -0.15) is 0 Å². The molecule has 0 unspecified atom stereocenters. The van der Waals surface area contributed by atoms with E-state index in [1.807, 2.05) is 14.1 Å². The molecule has 0 radical (unpaired) electrons. The summed E-state index contributed by atoms with van der Waals surface area (Å²) in [4.78, 5) is 14.2. The van der Waals surface area contributed by atoms with Crippen LogP contribution in [-0.4, -0.2) is 43.1 Å². The van der Waals surface area contributed by atoms with E-state index < -0.39 is 0 Å². The Morgan fingerprint density at radius 3 is 2.60 bits per heavy atom. The van der Waals surface area contributed by atoms with Gasteiger partial charge in [-0.15, -0.1) is 0 Å². The fraction of sp³-hybridized carbons (Fsp3) is 0.474. The van der Waals surface area contributed by atoms with Crippen LogP contribution in [0.5, 0.6) is 0 Å². The second-order valence-electron chi connectivity index (χ2n) is 7.37. The summed E-state index contributed by atoms with van der Waals surface area (Å²) in [6, 6.07) is 6.04. The Morgan fingerprint density at radius 2 is 1.96 bits per heavy atom. The smallest absolute Gasteiger partial charge is 0.220 e. The lowest BCUT2D eigenvalue weighted by molar-refractivity contribution is -0.121. The van der Waals surface area contributed by atoms with Gasteiger partial charge >= 0.3 is 0 Å². The van der Waals surface area contributed by atoms with Gasteiger partial charge in [-0.05, 0) is 50.2 Å². The van der Waals surface area contributed by atoms with Crippen molar-refractivity contribution in [1.82, 2.24) is 15.4 Å². The van der Waals surface area contributed by atoms with E-state index in [2.05, 4.69) is 29.2 Å². The van der Waals surface area contributed by atoms with Gasteiger partial charge in [0.05, 0.1) is 6.20 Å². The van der Waals surface area contributed by atoms with Crippen LogP contribution >= 0.6 is 0 Å². The first-order valence-electron chi connectivity index (χ1n) is 8.38. The molecule has 0 atom stereocenters. The minimum absolute atomic E-state index is 0.00177. The highest BCUT2D eigenvalue weighted by Gasteiger charge is 2.20. The number of nitrogens with one attached hydrogen (secondary N) is 1. The van der Waals surface area contributed by atoms with Crippen LogP contribution < -0.4 is 5.32 Å². The van der Waals surface area contributed by atoms with Gasteiger partial charge < -0.3 is 14.7 Å². The van der Waals surface area contributed by atoms with Crippen molar-refractivity contribution in [3.8, 4) is 11.3 Å². The summed E-state index contributed by atoms with van der Waals surface area (Å²) in [6.07, 6.45) is 2.49. The van der Waals surface area contributed by atoms with E-state index in [1.54, 1.807) is 18.3 Å². The van der Waals surface area contributed by atoms with Crippen molar-refractivity contribution in [2.75, 3.05) is 27.2 Å². The molecule has 0 aliphatic rings. The van der Waals surface area contributed by atoms with Gasteiger partial charge in [-0.3, -0.25) is 4.79 Å². The molecule has 136 valence electrons. The maximum atomic E-state index is 13.0. The number of halogens is 1. The summed E-state index contributed by atoms with van der Waals surface area (Å²) in [5.74, 6) is 0.281. The van der Waals surface area contributed by atoms with Crippen molar-refractivity contribution in [2.24, 2.45) is 5.41 Å². The Balaban J connectivity index is 1.89. The number of benzene rings is 1. The van der Waals surface area contributed by atoms with Crippen LogP contribution in [0.15, 0.2) is 35.0 Å². The van der Waals surface area contributed by atoms with Crippen molar-refractivity contribution in [1.29, 1.82) is 0 Å². The Bertz CT molecular complexity index is 693. The lowest BCUT2D eigenvalue weighted by Gasteiger charge is -2.28. The summed E-state index contributed by atoms with van der Waals surface area (Å²) < 4.78 is 18.3. The maximum absolute atomic E-state index is 13.0.